The van der Waals surface area contributed by atoms with Gasteiger partial charge in [0, 0.05) is 38.6 Å². The van der Waals surface area contributed by atoms with Gasteiger partial charge in [0.2, 0.25) is 0 Å². The minimum Gasteiger partial charge on any atom is -0.475 e. The average molecular weight is 406 g/mol. The lowest BCUT2D eigenvalue weighted by atomic mass is 9.91. The molecule has 0 radical (unpaired) electrons. The molecular formula is C19H29F3N2O4. The fourth-order valence-electron chi connectivity index (χ4n) is 3.77. The van der Waals surface area contributed by atoms with Gasteiger partial charge in [-0.25, -0.2) is 4.79 Å². The molecule has 2 aliphatic rings. The van der Waals surface area contributed by atoms with Gasteiger partial charge >= 0.3 is 12.1 Å². The number of rotatable bonds is 5. The Morgan fingerprint density at radius 1 is 1.18 bits per heavy atom. The number of hydrogen-bond acceptors (Lipinski definition) is 5. The molecule has 3 rings (SSSR count). The predicted molar refractivity (Wildman–Crippen MR) is 97.0 cm³/mol. The summed E-state index contributed by atoms with van der Waals surface area (Å²) in [6, 6.07) is 4.44. The second-order valence-corrected chi connectivity index (χ2v) is 7.28. The molecule has 0 bridgehead atoms. The molecule has 1 saturated heterocycles. The second-order valence-electron chi connectivity index (χ2n) is 7.28. The topological polar surface area (TPSA) is 77.2 Å². The highest BCUT2D eigenvalue weighted by atomic mass is 19.4. The number of hydrogen-bond donors (Lipinski definition) is 2. The molecule has 1 aliphatic heterocycles. The third-order valence-electron chi connectivity index (χ3n) is 5.29. The van der Waals surface area contributed by atoms with Crippen LogP contribution in [0.25, 0.3) is 0 Å². The van der Waals surface area contributed by atoms with E-state index >= 15 is 0 Å². The zero-order valence-electron chi connectivity index (χ0n) is 15.9. The van der Waals surface area contributed by atoms with E-state index in [1.54, 1.807) is 6.26 Å². The number of aliphatic carboxylic acids is 1. The van der Waals surface area contributed by atoms with Gasteiger partial charge in [-0.3, -0.25) is 4.90 Å². The van der Waals surface area contributed by atoms with Crippen LogP contribution in [0.3, 0.4) is 0 Å². The van der Waals surface area contributed by atoms with Crippen molar-refractivity contribution in [1.29, 1.82) is 0 Å². The van der Waals surface area contributed by atoms with Crippen LogP contribution in [0.15, 0.2) is 22.8 Å². The van der Waals surface area contributed by atoms with E-state index < -0.39 is 12.1 Å². The molecule has 2 atom stereocenters. The van der Waals surface area contributed by atoms with Crippen molar-refractivity contribution in [3.8, 4) is 0 Å². The van der Waals surface area contributed by atoms with Crippen LogP contribution in [-0.4, -0.2) is 77.0 Å². The molecule has 1 aromatic heterocycles. The fourth-order valence-corrected chi connectivity index (χ4v) is 3.77. The number of furan rings is 1. The first-order chi connectivity index (χ1) is 13.3. The highest BCUT2D eigenvalue weighted by Gasteiger charge is 2.38. The van der Waals surface area contributed by atoms with E-state index in [2.05, 4.69) is 15.9 Å². The molecular weight excluding hydrogens is 377 g/mol. The van der Waals surface area contributed by atoms with Crippen LogP contribution < -0.4 is 0 Å². The molecule has 2 heterocycles. The Hall–Kier alpha value is -1.58. The van der Waals surface area contributed by atoms with Crippen molar-refractivity contribution in [3.05, 3.63) is 24.2 Å². The van der Waals surface area contributed by atoms with Crippen LogP contribution in [0.2, 0.25) is 0 Å². The summed E-state index contributed by atoms with van der Waals surface area (Å²) in [7, 11) is 0. The number of aliphatic hydroxyl groups excluding tert-OH is 1. The monoisotopic (exact) mass is 406 g/mol. The number of carboxylic acid groups (broad SMARTS) is 1. The molecule has 0 unspecified atom stereocenters. The molecule has 0 spiro atoms. The predicted octanol–water partition coefficient (Wildman–Crippen LogP) is 2.77. The third-order valence-corrected chi connectivity index (χ3v) is 5.29. The maximum absolute atomic E-state index is 10.6. The summed E-state index contributed by atoms with van der Waals surface area (Å²) in [5.41, 5.74) is 0. The van der Waals surface area contributed by atoms with E-state index in [0.29, 0.717) is 6.04 Å². The largest absolute Gasteiger partial charge is 0.490 e. The SMILES string of the molecule is O=C(O)C(F)(F)F.O[C@H]1CCCC[C@@H]1N1CCN(CCCc2ccco2)CC1. The first-order valence-electron chi connectivity index (χ1n) is 9.74. The lowest BCUT2D eigenvalue weighted by Crippen LogP contribution is -2.54. The molecule has 0 amide bonds. The quantitative estimate of drug-likeness (QED) is 0.783. The van der Waals surface area contributed by atoms with Gasteiger partial charge in [-0.05, 0) is 37.9 Å². The van der Waals surface area contributed by atoms with Gasteiger partial charge in [-0.1, -0.05) is 12.8 Å². The van der Waals surface area contributed by atoms with Crippen molar-refractivity contribution >= 4 is 5.97 Å². The number of carbonyl (C=O) groups is 1. The number of carboxylic acids is 1. The lowest BCUT2D eigenvalue weighted by molar-refractivity contribution is -0.192. The van der Waals surface area contributed by atoms with Crippen LogP contribution in [0.5, 0.6) is 0 Å². The molecule has 1 saturated carbocycles. The van der Waals surface area contributed by atoms with Crippen LogP contribution >= 0.6 is 0 Å². The molecule has 9 heteroatoms. The molecule has 1 aromatic rings. The Kier molecular flexibility index (Phi) is 8.78. The molecule has 0 aromatic carbocycles. The number of aliphatic hydroxyl groups is 1. The van der Waals surface area contributed by atoms with Gasteiger partial charge in [0.25, 0.3) is 0 Å². The lowest BCUT2D eigenvalue weighted by Gasteiger charge is -2.42. The van der Waals surface area contributed by atoms with Crippen molar-refractivity contribution in [2.24, 2.45) is 0 Å². The first-order valence-corrected chi connectivity index (χ1v) is 9.74. The maximum atomic E-state index is 10.6. The van der Waals surface area contributed by atoms with Crippen LogP contribution in [-0.2, 0) is 11.2 Å². The van der Waals surface area contributed by atoms with Gasteiger partial charge in [-0.15, -0.1) is 0 Å². The van der Waals surface area contributed by atoms with Gasteiger partial charge in [0.15, 0.2) is 0 Å². The van der Waals surface area contributed by atoms with E-state index in [1.807, 2.05) is 6.07 Å². The minimum atomic E-state index is -5.08. The van der Waals surface area contributed by atoms with E-state index in [0.717, 1.165) is 51.3 Å². The number of nitrogens with zero attached hydrogens (tertiary/aromatic N) is 2. The van der Waals surface area contributed by atoms with E-state index in [9.17, 15) is 18.3 Å². The van der Waals surface area contributed by atoms with Crippen LogP contribution in [0.4, 0.5) is 13.2 Å². The molecule has 1 aliphatic carbocycles. The summed E-state index contributed by atoms with van der Waals surface area (Å²) >= 11 is 0. The Morgan fingerprint density at radius 3 is 2.36 bits per heavy atom. The number of piperazine rings is 1. The Morgan fingerprint density at radius 2 is 1.82 bits per heavy atom. The van der Waals surface area contributed by atoms with Crippen LogP contribution in [0.1, 0.15) is 37.9 Å². The Bertz CT molecular complexity index is 572. The number of alkyl halides is 3. The molecule has 160 valence electrons. The molecule has 28 heavy (non-hydrogen) atoms. The second kappa shape index (κ2) is 10.8. The number of aryl methyl sites for hydroxylation is 1. The fraction of sp³-hybridized carbons (Fsp3) is 0.737. The smallest absolute Gasteiger partial charge is 0.475 e. The van der Waals surface area contributed by atoms with Gasteiger partial charge < -0.3 is 19.5 Å². The van der Waals surface area contributed by atoms with Gasteiger partial charge in [0.1, 0.15) is 5.76 Å². The van der Waals surface area contributed by atoms with E-state index in [-0.39, 0.29) is 6.10 Å². The molecule has 6 nitrogen and oxygen atoms in total. The highest BCUT2D eigenvalue weighted by molar-refractivity contribution is 5.73. The minimum absolute atomic E-state index is 0.0933. The zero-order valence-corrected chi connectivity index (χ0v) is 15.9. The zero-order chi connectivity index (χ0) is 20.6. The summed E-state index contributed by atoms with van der Waals surface area (Å²) in [6.07, 6.45) is 3.44. The third kappa shape index (κ3) is 7.44. The molecule has 2 fully saturated rings. The highest BCUT2D eigenvalue weighted by Crippen LogP contribution is 2.24. The standard InChI is InChI=1S/C17H28N2O2.C2HF3O2/c20-17-8-2-1-7-16(17)19-12-10-18(11-13-19)9-3-5-15-6-4-14-21-15;3-2(4,5)1(6)7/h4,6,14,16-17,20H,1-3,5,7-13H2;(H,6,7)/t16-,17-;/m0./s1. The average Bonchev–Trinajstić information content (AvgIpc) is 3.16. The normalized spacial score (nSPS) is 24.4. The Labute approximate surface area is 162 Å². The number of halogens is 3. The first kappa shape index (κ1) is 22.7. The van der Waals surface area contributed by atoms with E-state index in [4.69, 9.17) is 14.3 Å². The summed E-state index contributed by atoms with van der Waals surface area (Å²) in [4.78, 5) is 14.0. The maximum Gasteiger partial charge on any atom is 0.490 e. The van der Waals surface area contributed by atoms with Crippen LogP contribution in [0, 0.1) is 0 Å². The summed E-state index contributed by atoms with van der Waals surface area (Å²) in [5.74, 6) is -1.66. The van der Waals surface area contributed by atoms with Crippen molar-refractivity contribution < 1.29 is 32.6 Å². The molecule has 2 N–H and O–H groups in total. The van der Waals surface area contributed by atoms with Crippen molar-refractivity contribution in [2.45, 2.75) is 56.8 Å². The Balaban J connectivity index is 0.000000345. The van der Waals surface area contributed by atoms with Gasteiger partial charge in [-0.2, -0.15) is 13.2 Å². The van der Waals surface area contributed by atoms with Crippen molar-refractivity contribution in [1.82, 2.24) is 9.80 Å². The van der Waals surface area contributed by atoms with Gasteiger partial charge in [0.05, 0.1) is 12.4 Å². The van der Waals surface area contributed by atoms with Crippen molar-refractivity contribution in [3.63, 3.8) is 0 Å². The van der Waals surface area contributed by atoms with E-state index in [1.165, 1.54) is 25.7 Å². The summed E-state index contributed by atoms with van der Waals surface area (Å²) in [5, 5.41) is 17.3. The van der Waals surface area contributed by atoms with Crippen molar-refractivity contribution in [2.75, 3.05) is 32.7 Å². The summed E-state index contributed by atoms with van der Waals surface area (Å²) in [6.45, 7) is 5.66. The summed E-state index contributed by atoms with van der Waals surface area (Å²) < 4.78 is 37.1.